The minimum Gasteiger partial charge on any atom is -0.343 e. The molecule has 0 aliphatic heterocycles. The molecule has 0 unspecified atom stereocenters. The van der Waals surface area contributed by atoms with E-state index >= 15 is 0 Å². The number of hydrogen-bond acceptors (Lipinski definition) is 4. The molecule has 0 spiro atoms. The Bertz CT molecular complexity index is 506. The summed E-state index contributed by atoms with van der Waals surface area (Å²) in [6, 6.07) is 8.79. The standard InChI is InChI=1S/C14H16ClN3O/c15-12-3-1-10(2-4-12)11-7-13(8-11)16-6-5-14-17-9-19-18-14/h1-4,9,11,13,16H,5-8H2. The molecule has 0 bridgehead atoms. The molecule has 19 heavy (non-hydrogen) atoms. The molecule has 5 heteroatoms. The topological polar surface area (TPSA) is 51.0 Å². The van der Waals surface area contributed by atoms with Crippen LogP contribution in [0.4, 0.5) is 0 Å². The SMILES string of the molecule is Clc1ccc(C2CC(NCCc3ncon3)C2)cc1. The molecule has 100 valence electrons. The van der Waals surface area contributed by atoms with Gasteiger partial charge < -0.3 is 9.84 Å². The molecule has 2 aromatic rings. The Balaban J connectivity index is 1.39. The average molecular weight is 278 g/mol. The number of hydrogen-bond donors (Lipinski definition) is 1. The van der Waals surface area contributed by atoms with Gasteiger partial charge in [0.25, 0.3) is 0 Å². The molecule has 3 rings (SSSR count). The van der Waals surface area contributed by atoms with Gasteiger partial charge in [-0.3, -0.25) is 0 Å². The maximum absolute atomic E-state index is 5.89. The number of halogens is 1. The minimum absolute atomic E-state index is 0.604. The van der Waals surface area contributed by atoms with Crippen molar-refractivity contribution in [1.29, 1.82) is 0 Å². The Hall–Kier alpha value is -1.39. The summed E-state index contributed by atoms with van der Waals surface area (Å²) in [5.74, 6) is 1.43. The van der Waals surface area contributed by atoms with E-state index in [2.05, 4.69) is 27.6 Å². The molecular weight excluding hydrogens is 262 g/mol. The van der Waals surface area contributed by atoms with E-state index in [1.165, 1.54) is 24.8 Å². The summed E-state index contributed by atoms with van der Waals surface area (Å²) in [5, 5.41) is 8.11. The van der Waals surface area contributed by atoms with E-state index in [9.17, 15) is 0 Å². The molecule has 4 nitrogen and oxygen atoms in total. The monoisotopic (exact) mass is 277 g/mol. The van der Waals surface area contributed by atoms with Crippen LogP contribution in [0, 0.1) is 0 Å². The summed E-state index contributed by atoms with van der Waals surface area (Å²) in [7, 11) is 0. The molecule has 1 aromatic heterocycles. The molecule has 0 atom stereocenters. The van der Waals surface area contributed by atoms with E-state index in [0.717, 1.165) is 23.8 Å². The van der Waals surface area contributed by atoms with E-state index in [1.54, 1.807) is 0 Å². The molecule has 1 saturated carbocycles. The van der Waals surface area contributed by atoms with Crippen LogP contribution >= 0.6 is 11.6 Å². The molecule has 0 radical (unpaired) electrons. The first-order valence-corrected chi connectivity index (χ1v) is 6.93. The van der Waals surface area contributed by atoms with Crippen LogP contribution in [0.2, 0.25) is 5.02 Å². The highest BCUT2D eigenvalue weighted by Gasteiger charge is 2.29. The molecule has 1 heterocycles. The Morgan fingerprint density at radius 1 is 1.26 bits per heavy atom. The van der Waals surface area contributed by atoms with Gasteiger partial charge in [0, 0.05) is 24.0 Å². The largest absolute Gasteiger partial charge is 0.343 e. The molecule has 0 saturated heterocycles. The number of nitrogens with zero attached hydrogens (tertiary/aromatic N) is 2. The summed E-state index contributed by atoms with van der Waals surface area (Å²) >= 11 is 5.89. The van der Waals surface area contributed by atoms with Crippen molar-refractivity contribution in [3.63, 3.8) is 0 Å². The molecule has 1 aliphatic carbocycles. The molecule has 1 aromatic carbocycles. The van der Waals surface area contributed by atoms with Crippen molar-refractivity contribution in [2.24, 2.45) is 0 Å². The van der Waals surface area contributed by atoms with Crippen molar-refractivity contribution in [2.45, 2.75) is 31.2 Å². The predicted octanol–water partition coefficient (Wildman–Crippen LogP) is 2.80. The Kier molecular flexibility index (Phi) is 3.80. The highest BCUT2D eigenvalue weighted by atomic mass is 35.5. The first-order valence-electron chi connectivity index (χ1n) is 6.55. The van der Waals surface area contributed by atoms with Gasteiger partial charge in [-0.05, 0) is 36.5 Å². The summed E-state index contributed by atoms with van der Waals surface area (Å²) in [6.07, 6.45) is 4.57. The maximum atomic E-state index is 5.89. The fraction of sp³-hybridized carbons (Fsp3) is 0.429. The van der Waals surface area contributed by atoms with Crippen molar-refractivity contribution in [3.05, 3.63) is 47.1 Å². The number of aromatic nitrogens is 2. The molecular formula is C14H16ClN3O. The zero-order valence-corrected chi connectivity index (χ0v) is 11.3. The Labute approximate surface area is 117 Å². The lowest BCUT2D eigenvalue weighted by Gasteiger charge is -2.36. The normalized spacial score (nSPS) is 22.2. The van der Waals surface area contributed by atoms with E-state index in [4.69, 9.17) is 16.1 Å². The Morgan fingerprint density at radius 2 is 2.05 bits per heavy atom. The number of rotatable bonds is 5. The Morgan fingerprint density at radius 3 is 2.74 bits per heavy atom. The molecule has 1 fully saturated rings. The van der Waals surface area contributed by atoms with Crippen molar-refractivity contribution in [3.8, 4) is 0 Å². The lowest BCUT2D eigenvalue weighted by molar-refractivity contribution is 0.291. The van der Waals surface area contributed by atoms with Gasteiger partial charge in [0.2, 0.25) is 6.39 Å². The van der Waals surface area contributed by atoms with Crippen LogP contribution in [0.25, 0.3) is 0 Å². The highest BCUT2D eigenvalue weighted by molar-refractivity contribution is 6.30. The second-order valence-electron chi connectivity index (χ2n) is 4.97. The van der Waals surface area contributed by atoms with Gasteiger partial charge in [0.1, 0.15) is 0 Å². The molecule has 1 aliphatic rings. The van der Waals surface area contributed by atoms with Crippen molar-refractivity contribution >= 4 is 11.6 Å². The zero-order valence-electron chi connectivity index (χ0n) is 10.6. The van der Waals surface area contributed by atoms with E-state index in [0.29, 0.717) is 12.0 Å². The van der Waals surface area contributed by atoms with Crippen molar-refractivity contribution in [2.75, 3.05) is 6.54 Å². The summed E-state index contributed by atoms with van der Waals surface area (Å²) in [5.41, 5.74) is 1.39. The first kappa shape index (κ1) is 12.6. The van der Waals surface area contributed by atoms with Crippen molar-refractivity contribution < 1.29 is 4.52 Å². The summed E-state index contributed by atoms with van der Waals surface area (Å²) in [4.78, 5) is 4.00. The first-order chi connectivity index (χ1) is 9.31. The van der Waals surface area contributed by atoms with Crippen LogP contribution in [0.1, 0.15) is 30.1 Å². The van der Waals surface area contributed by atoms with E-state index in [-0.39, 0.29) is 0 Å². The van der Waals surface area contributed by atoms with Crippen molar-refractivity contribution in [1.82, 2.24) is 15.5 Å². The second kappa shape index (κ2) is 5.72. The summed E-state index contributed by atoms with van der Waals surface area (Å²) < 4.78 is 4.70. The number of benzene rings is 1. The van der Waals surface area contributed by atoms with Crippen LogP contribution in [-0.4, -0.2) is 22.7 Å². The van der Waals surface area contributed by atoms with Gasteiger partial charge in [-0.1, -0.05) is 28.9 Å². The fourth-order valence-electron chi connectivity index (χ4n) is 2.48. The van der Waals surface area contributed by atoms with Crippen LogP contribution in [0.15, 0.2) is 35.2 Å². The lowest BCUT2D eigenvalue weighted by atomic mass is 9.76. The quantitative estimate of drug-likeness (QED) is 0.913. The van der Waals surface area contributed by atoms with Gasteiger partial charge in [-0.2, -0.15) is 4.98 Å². The third-order valence-corrected chi connectivity index (χ3v) is 3.92. The second-order valence-corrected chi connectivity index (χ2v) is 5.40. The van der Waals surface area contributed by atoms with Gasteiger partial charge in [-0.15, -0.1) is 0 Å². The fourth-order valence-corrected chi connectivity index (χ4v) is 2.61. The van der Waals surface area contributed by atoms with Gasteiger partial charge in [0.05, 0.1) is 0 Å². The van der Waals surface area contributed by atoms with Gasteiger partial charge in [0.15, 0.2) is 5.82 Å². The van der Waals surface area contributed by atoms with Gasteiger partial charge in [-0.25, -0.2) is 0 Å². The van der Waals surface area contributed by atoms with Crippen LogP contribution in [0.3, 0.4) is 0 Å². The molecule has 0 amide bonds. The third kappa shape index (κ3) is 3.14. The summed E-state index contributed by atoms with van der Waals surface area (Å²) in [6.45, 7) is 0.900. The molecule has 1 N–H and O–H groups in total. The van der Waals surface area contributed by atoms with E-state index < -0.39 is 0 Å². The van der Waals surface area contributed by atoms with Crippen LogP contribution in [-0.2, 0) is 6.42 Å². The lowest BCUT2D eigenvalue weighted by Crippen LogP contribution is -2.41. The third-order valence-electron chi connectivity index (χ3n) is 3.67. The minimum atomic E-state index is 0.604. The van der Waals surface area contributed by atoms with E-state index in [1.807, 2.05) is 12.1 Å². The average Bonchev–Trinajstić information content (AvgIpc) is 2.87. The number of nitrogens with one attached hydrogen (secondary N) is 1. The van der Waals surface area contributed by atoms with Crippen LogP contribution < -0.4 is 5.32 Å². The van der Waals surface area contributed by atoms with Crippen LogP contribution in [0.5, 0.6) is 0 Å². The smallest absolute Gasteiger partial charge is 0.213 e. The maximum Gasteiger partial charge on any atom is 0.213 e. The van der Waals surface area contributed by atoms with Gasteiger partial charge >= 0.3 is 0 Å². The predicted molar refractivity (Wildman–Crippen MR) is 73.2 cm³/mol. The highest BCUT2D eigenvalue weighted by Crippen LogP contribution is 2.37. The zero-order chi connectivity index (χ0) is 13.1.